The van der Waals surface area contributed by atoms with Gasteiger partial charge in [-0.25, -0.2) is 0 Å². The summed E-state index contributed by atoms with van der Waals surface area (Å²) >= 11 is 0. The van der Waals surface area contributed by atoms with Crippen molar-refractivity contribution >= 4 is 25.8 Å². The number of ether oxygens (including phenoxy) is 3. The second kappa shape index (κ2) is 14.7. The number of rotatable bonds is 11. The monoisotopic (exact) mass is 648 g/mol. The van der Waals surface area contributed by atoms with Crippen LogP contribution >= 0.6 is 0 Å². The van der Waals surface area contributed by atoms with E-state index in [-0.39, 0.29) is 31.4 Å². The number of hydrogen-bond acceptors (Lipinski definition) is 11. The number of aliphatic hydroxyl groups is 5. The molecule has 0 aromatic heterocycles. The highest BCUT2D eigenvalue weighted by Gasteiger charge is 2.48. The highest BCUT2D eigenvalue weighted by molar-refractivity contribution is 6.71. The van der Waals surface area contributed by atoms with E-state index in [0.717, 1.165) is 5.56 Å². The first kappa shape index (κ1) is 34.9. The van der Waals surface area contributed by atoms with Crippen molar-refractivity contribution in [3.8, 4) is 5.75 Å². The minimum Gasteiger partial charge on any atom is -0.490 e. The zero-order chi connectivity index (χ0) is 33.1. The molecule has 4 rings (SSSR count). The molecule has 2 aliphatic rings. The first-order chi connectivity index (χ1) is 21.3. The van der Waals surface area contributed by atoms with Gasteiger partial charge in [0.2, 0.25) is 5.91 Å². The number of carbonyl (C=O) groups excluding carboxylic acids is 2. The van der Waals surface area contributed by atoms with E-state index in [1.165, 1.54) is 7.11 Å². The van der Waals surface area contributed by atoms with E-state index < -0.39 is 62.7 Å². The Hall–Kier alpha value is -2.92. The minimum absolute atomic E-state index is 0.00753. The van der Waals surface area contributed by atoms with Crippen LogP contribution in [0.1, 0.15) is 30.6 Å². The normalized spacial score (nSPS) is 28.8. The first-order valence-electron chi connectivity index (χ1n) is 14.9. The minimum atomic E-state index is -3.02. The molecule has 2 aromatic carbocycles. The van der Waals surface area contributed by atoms with Gasteiger partial charge in [0.25, 0.3) is 5.91 Å². The summed E-state index contributed by atoms with van der Waals surface area (Å²) in [5.74, 6) is -0.950. The Bertz CT molecular complexity index is 1310. The SMILES string of the molecule is CO[C@@H]1c2cc(NC(=O)[C@H]3O[C@@H](O)[C@H](O)[C@@H](O)[C@@H]3O)ccc2O[C@H](C(CC(=O)N(CCO)Cc2ccccc2)[Si](C)(C)O)[C@H]1C. The molecule has 1 fully saturated rings. The number of benzene rings is 2. The molecular weight excluding hydrogens is 604 g/mol. The van der Waals surface area contributed by atoms with E-state index >= 15 is 0 Å². The number of anilines is 1. The van der Waals surface area contributed by atoms with E-state index in [2.05, 4.69) is 5.32 Å². The van der Waals surface area contributed by atoms with Crippen LogP contribution in [0.2, 0.25) is 18.6 Å². The number of nitrogens with zero attached hydrogens (tertiary/aromatic N) is 1. The van der Waals surface area contributed by atoms with E-state index in [1.807, 2.05) is 37.3 Å². The predicted octanol–water partition coefficient (Wildman–Crippen LogP) is 0.488. The van der Waals surface area contributed by atoms with Crippen molar-refractivity contribution in [2.75, 3.05) is 25.6 Å². The Kier molecular flexibility index (Phi) is 11.4. The van der Waals surface area contributed by atoms with E-state index in [4.69, 9.17) is 14.2 Å². The van der Waals surface area contributed by atoms with Crippen LogP contribution in [0.3, 0.4) is 0 Å². The molecule has 248 valence electrons. The summed E-state index contributed by atoms with van der Waals surface area (Å²) in [4.78, 5) is 39.5. The van der Waals surface area contributed by atoms with Crippen LogP contribution in [-0.4, -0.2) is 112 Å². The lowest BCUT2D eigenvalue weighted by Crippen LogP contribution is -2.60. The number of methoxy groups -OCH3 is 1. The van der Waals surface area contributed by atoms with Crippen molar-refractivity contribution < 1.29 is 54.1 Å². The number of fused-ring (bicyclic) bond motifs is 1. The van der Waals surface area contributed by atoms with Gasteiger partial charge in [-0.05, 0) is 36.9 Å². The topological polar surface area (TPSA) is 198 Å². The number of amides is 2. The van der Waals surface area contributed by atoms with Gasteiger partial charge < -0.3 is 54.8 Å². The summed E-state index contributed by atoms with van der Waals surface area (Å²) < 4.78 is 17.4. The van der Waals surface area contributed by atoms with Gasteiger partial charge in [-0.3, -0.25) is 9.59 Å². The van der Waals surface area contributed by atoms with Crippen molar-refractivity contribution in [3.63, 3.8) is 0 Å². The fourth-order valence-electron chi connectivity index (χ4n) is 6.05. The summed E-state index contributed by atoms with van der Waals surface area (Å²) in [7, 11) is -1.49. The van der Waals surface area contributed by atoms with Crippen molar-refractivity contribution in [2.45, 2.75) is 81.4 Å². The molecule has 2 aliphatic heterocycles. The van der Waals surface area contributed by atoms with Crippen molar-refractivity contribution in [1.29, 1.82) is 0 Å². The summed E-state index contributed by atoms with van der Waals surface area (Å²) in [5, 5.41) is 51.9. The number of carbonyl (C=O) groups is 2. The Morgan fingerprint density at radius 1 is 1.04 bits per heavy atom. The third kappa shape index (κ3) is 7.91. The van der Waals surface area contributed by atoms with Gasteiger partial charge in [0.05, 0.1) is 12.7 Å². The molecule has 1 saturated heterocycles. The molecule has 2 amide bonds. The fraction of sp³-hybridized carbons (Fsp3) is 0.548. The molecule has 2 aromatic rings. The molecule has 0 saturated carbocycles. The zero-order valence-electron chi connectivity index (χ0n) is 25.8. The van der Waals surface area contributed by atoms with Gasteiger partial charge in [0, 0.05) is 49.3 Å². The summed E-state index contributed by atoms with van der Waals surface area (Å²) in [5.41, 5.74) is 1.29. The summed E-state index contributed by atoms with van der Waals surface area (Å²) in [6, 6.07) is 14.3. The van der Waals surface area contributed by atoms with E-state index in [1.54, 1.807) is 36.2 Å². The van der Waals surface area contributed by atoms with Gasteiger partial charge in [0.1, 0.15) is 30.2 Å². The fourth-order valence-corrected chi connectivity index (χ4v) is 7.90. The number of nitrogens with one attached hydrogen (secondary N) is 1. The highest BCUT2D eigenvalue weighted by Crippen LogP contribution is 2.47. The van der Waals surface area contributed by atoms with Gasteiger partial charge in [-0.2, -0.15) is 0 Å². The lowest BCUT2D eigenvalue weighted by Gasteiger charge is -2.44. The largest absolute Gasteiger partial charge is 0.490 e. The Morgan fingerprint density at radius 3 is 2.36 bits per heavy atom. The Balaban J connectivity index is 1.54. The quantitative estimate of drug-likeness (QED) is 0.167. The number of aliphatic hydroxyl groups excluding tert-OH is 5. The first-order valence-corrected chi connectivity index (χ1v) is 18.0. The van der Waals surface area contributed by atoms with Gasteiger partial charge in [-0.1, -0.05) is 37.3 Å². The molecule has 13 nitrogen and oxygen atoms in total. The standard InChI is InChI=1S/C31H44N2O11Si/c1-17-27(42-2)20-14-19(32-30(39)29-25(37)24(36)26(38)31(40)44-29)10-11-21(20)43-28(17)22(45(3,4)41)15-23(35)33(12-13-34)16-18-8-6-5-7-9-18/h5-11,14,17,22,24-29,31,34,36-38,40-41H,12-13,15-16H2,1-4H3,(H,32,39)/t17-,22?,24-,25-,26+,27-,28-,29-,31+/m0/s1. The van der Waals surface area contributed by atoms with Gasteiger partial charge >= 0.3 is 0 Å². The van der Waals surface area contributed by atoms with Crippen LogP contribution in [0.5, 0.6) is 5.75 Å². The maximum atomic E-state index is 13.6. The highest BCUT2D eigenvalue weighted by atomic mass is 28.4. The van der Waals surface area contributed by atoms with Crippen LogP contribution in [0.4, 0.5) is 5.69 Å². The third-order valence-corrected chi connectivity index (χ3v) is 10.9. The van der Waals surface area contributed by atoms with Crippen LogP contribution < -0.4 is 10.1 Å². The van der Waals surface area contributed by atoms with Gasteiger partial charge in [0.15, 0.2) is 20.7 Å². The van der Waals surface area contributed by atoms with Gasteiger partial charge in [-0.15, -0.1) is 0 Å². The van der Waals surface area contributed by atoms with Crippen LogP contribution in [0.25, 0.3) is 0 Å². The maximum absolute atomic E-state index is 13.6. The molecule has 45 heavy (non-hydrogen) atoms. The molecule has 0 bridgehead atoms. The van der Waals surface area contributed by atoms with Crippen LogP contribution in [0.15, 0.2) is 48.5 Å². The molecule has 1 unspecified atom stereocenters. The molecule has 14 heteroatoms. The number of hydrogen-bond donors (Lipinski definition) is 7. The zero-order valence-corrected chi connectivity index (χ0v) is 26.8. The van der Waals surface area contributed by atoms with Crippen molar-refractivity contribution in [1.82, 2.24) is 4.90 Å². The Morgan fingerprint density at radius 2 is 1.73 bits per heavy atom. The van der Waals surface area contributed by atoms with E-state index in [0.29, 0.717) is 23.5 Å². The average Bonchev–Trinajstić information content (AvgIpc) is 3.00. The smallest absolute Gasteiger partial charge is 0.256 e. The molecule has 0 aliphatic carbocycles. The molecule has 9 atom stereocenters. The molecule has 0 radical (unpaired) electrons. The molecular formula is C31H44N2O11Si. The molecule has 7 N–H and O–H groups in total. The maximum Gasteiger partial charge on any atom is 0.256 e. The average molecular weight is 649 g/mol. The van der Waals surface area contributed by atoms with E-state index in [9.17, 15) is 39.9 Å². The van der Waals surface area contributed by atoms with Crippen molar-refractivity contribution in [3.05, 3.63) is 59.7 Å². The third-order valence-electron chi connectivity index (χ3n) is 8.58. The molecule has 0 spiro atoms. The second-order valence-electron chi connectivity index (χ2n) is 12.2. The summed E-state index contributed by atoms with van der Waals surface area (Å²) in [6.45, 7) is 5.69. The predicted molar refractivity (Wildman–Crippen MR) is 164 cm³/mol. The van der Waals surface area contributed by atoms with Crippen molar-refractivity contribution in [2.24, 2.45) is 5.92 Å². The van der Waals surface area contributed by atoms with Crippen LogP contribution in [-0.2, 0) is 25.6 Å². The lowest BCUT2D eigenvalue weighted by atomic mass is 9.86. The van der Waals surface area contributed by atoms with Crippen LogP contribution in [0, 0.1) is 5.92 Å². The molecule has 2 heterocycles. The second-order valence-corrected chi connectivity index (χ2v) is 16.3. The Labute approximate surface area is 263 Å². The summed E-state index contributed by atoms with van der Waals surface area (Å²) in [6.07, 6.45) is -9.96. The lowest BCUT2D eigenvalue weighted by molar-refractivity contribution is -0.274.